The van der Waals surface area contributed by atoms with Gasteiger partial charge in [0, 0.05) is 25.7 Å². The molecule has 1 radical (unpaired) electrons. The number of hydrogen-bond acceptors (Lipinski definition) is 0. The van der Waals surface area contributed by atoms with Crippen molar-refractivity contribution >= 4 is 19.8 Å². The Morgan fingerprint density at radius 2 is 1.28 bits per heavy atom. The van der Waals surface area contributed by atoms with Gasteiger partial charge in [-0.15, -0.1) is 19.6 Å². The van der Waals surface area contributed by atoms with Gasteiger partial charge in [-0.2, -0.15) is 6.20 Å². The minimum atomic E-state index is -0.543. The predicted molar refractivity (Wildman–Crippen MR) is 142 cm³/mol. The summed E-state index contributed by atoms with van der Waals surface area (Å²) in [7, 11) is 0. The van der Waals surface area contributed by atoms with Crippen LogP contribution in [0.3, 0.4) is 0 Å². The summed E-state index contributed by atoms with van der Waals surface area (Å²) < 4.78 is 0. The number of allylic oxidation sites excluding steroid dienone is 6. The van der Waals surface area contributed by atoms with Crippen LogP contribution in [0.5, 0.6) is 0 Å². The zero-order valence-electron chi connectivity index (χ0n) is 21.0. The van der Waals surface area contributed by atoms with E-state index in [4.69, 9.17) is 0 Å². The third kappa shape index (κ3) is 13.9. The van der Waals surface area contributed by atoms with Gasteiger partial charge in [0.25, 0.3) is 0 Å². The molecule has 0 spiro atoms. The van der Waals surface area contributed by atoms with Gasteiger partial charge in [-0.3, -0.25) is 0 Å². The van der Waals surface area contributed by atoms with Gasteiger partial charge in [0.2, 0.25) is 0 Å². The molecule has 0 aromatic rings. The molecule has 4 aliphatic rings. The molecular formula is C27H49N4Sn. The van der Waals surface area contributed by atoms with Crippen molar-refractivity contribution in [3.8, 4) is 0 Å². The van der Waals surface area contributed by atoms with E-state index in [9.17, 15) is 0 Å². The van der Waals surface area contributed by atoms with Crippen LogP contribution < -0.4 is 10.6 Å². The van der Waals surface area contributed by atoms with Crippen molar-refractivity contribution in [3.63, 3.8) is 0 Å². The molecule has 4 nitrogen and oxygen atoms in total. The van der Waals surface area contributed by atoms with Crippen LogP contribution in [0, 0.1) is 17.8 Å². The Balaban J connectivity index is 0.000000195. The summed E-state index contributed by atoms with van der Waals surface area (Å²) in [6, 6.07) is 0. The average Bonchev–Trinajstić information content (AvgIpc) is 2.84. The van der Waals surface area contributed by atoms with E-state index < -0.39 is 19.8 Å². The minimum absolute atomic E-state index is 0.543. The molecule has 0 aliphatic carbocycles. The standard InChI is InChI=1S/C12H21N2.C12H17N2.3CH3.Sn/c2*1(11-3-7-13-8-4-11)2-12-5-9-14-10-6-12;;;;/h1-2,11-13H,3-10H2;1-4,7,12,14H,5-6,8-10H2;3*1H3;/q2*-1;;;;/p+2. The van der Waals surface area contributed by atoms with Crippen LogP contribution >= 0.6 is 0 Å². The van der Waals surface area contributed by atoms with Gasteiger partial charge < -0.3 is 21.3 Å². The van der Waals surface area contributed by atoms with E-state index >= 15 is 0 Å². The van der Waals surface area contributed by atoms with Gasteiger partial charge in [-0.05, 0) is 23.3 Å². The molecule has 181 valence electrons. The van der Waals surface area contributed by atoms with Crippen molar-refractivity contribution < 1.29 is 10.6 Å². The van der Waals surface area contributed by atoms with Gasteiger partial charge in [-0.25, -0.2) is 0 Å². The third-order valence-corrected chi connectivity index (χ3v) is 6.30. The van der Waals surface area contributed by atoms with E-state index in [0.29, 0.717) is 0 Å². The normalized spacial score (nSPS) is 23.3. The van der Waals surface area contributed by atoms with Crippen molar-refractivity contribution in [1.82, 2.24) is 0 Å². The van der Waals surface area contributed by atoms with Crippen LogP contribution in [0.2, 0.25) is 14.8 Å². The van der Waals surface area contributed by atoms with Crippen LogP contribution in [-0.4, -0.2) is 65.6 Å². The Kier molecular flexibility index (Phi) is 15.4. The first-order chi connectivity index (χ1) is 15.6. The summed E-state index contributed by atoms with van der Waals surface area (Å²) in [5, 5.41) is 13.3. The Hall–Kier alpha value is -0.561. The van der Waals surface area contributed by atoms with E-state index in [2.05, 4.69) is 72.5 Å². The molecule has 0 aromatic heterocycles. The second-order valence-electron chi connectivity index (χ2n) is 10.0. The molecule has 0 atom stereocenters. The molecule has 0 aromatic carbocycles. The second-order valence-corrected chi connectivity index (χ2v) is 18.6. The van der Waals surface area contributed by atoms with Gasteiger partial charge in [0.05, 0.1) is 26.2 Å². The summed E-state index contributed by atoms with van der Waals surface area (Å²) in [6.07, 6.45) is 23.7. The Bertz CT molecular complexity index is 556. The molecule has 4 N–H and O–H groups in total. The summed E-state index contributed by atoms with van der Waals surface area (Å²) in [6.45, 7) is 8.26. The number of nitrogens with two attached hydrogens (primary N) is 2. The SMILES string of the molecule is C(=CC1CC[NH2+]CC1)C1CC[N-]CC1.C1=CC(C=CC2CC[NH2+]CC2)=CC[N-]1.[CH3][Sn]([CH3])[CH3]. The summed E-state index contributed by atoms with van der Waals surface area (Å²) in [4.78, 5) is 7.09. The first-order valence-electron chi connectivity index (χ1n) is 13.1. The molecule has 32 heavy (non-hydrogen) atoms. The Labute approximate surface area is 205 Å². The molecule has 3 saturated heterocycles. The van der Waals surface area contributed by atoms with Gasteiger partial charge in [0.1, 0.15) is 0 Å². The molecule has 0 amide bonds. The van der Waals surface area contributed by atoms with Crippen molar-refractivity contribution in [2.24, 2.45) is 17.8 Å². The number of quaternary nitrogens is 2. The molecule has 0 bridgehead atoms. The second kappa shape index (κ2) is 17.9. The third-order valence-electron chi connectivity index (χ3n) is 6.30. The topological polar surface area (TPSA) is 61.4 Å². The van der Waals surface area contributed by atoms with E-state index in [1.807, 2.05) is 6.20 Å². The Morgan fingerprint density at radius 3 is 1.78 bits per heavy atom. The van der Waals surface area contributed by atoms with Crippen molar-refractivity contribution in [2.75, 3.05) is 45.8 Å². The van der Waals surface area contributed by atoms with E-state index in [0.717, 1.165) is 37.4 Å². The molecule has 4 rings (SSSR count). The predicted octanol–water partition coefficient (Wildman–Crippen LogP) is 4.01. The van der Waals surface area contributed by atoms with Gasteiger partial charge in [0.15, 0.2) is 0 Å². The van der Waals surface area contributed by atoms with Crippen molar-refractivity contribution in [2.45, 2.75) is 53.3 Å². The van der Waals surface area contributed by atoms with E-state index in [1.54, 1.807) is 0 Å². The first kappa shape index (κ1) is 27.7. The van der Waals surface area contributed by atoms with Crippen LogP contribution in [-0.2, 0) is 0 Å². The molecule has 4 aliphatic heterocycles. The molecule has 5 heteroatoms. The molecule has 3 fully saturated rings. The van der Waals surface area contributed by atoms with Crippen LogP contribution in [0.25, 0.3) is 10.6 Å². The van der Waals surface area contributed by atoms with Crippen LogP contribution in [0.4, 0.5) is 0 Å². The maximum atomic E-state index is 4.38. The summed E-state index contributed by atoms with van der Waals surface area (Å²) in [5.74, 6) is 2.51. The molecule has 0 saturated carbocycles. The molecule has 0 unspecified atom stereocenters. The summed E-state index contributed by atoms with van der Waals surface area (Å²) in [5.41, 5.74) is 1.31. The van der Waals surface area contributed by atoms with E-state index in [1.165, 1.54) is 70.3 Å². The van der Waals surface area contributed by atoms with Crippen LogP contribution in [0.15, 0.2) is 48.2 Å². The van der Waals surface area contributed by atoms with Crippen molar-refractivity contribution in [3.05, 3.63) is 58.9 Å². The number of nitrogens with zero attached hydrogens (tertiary/aromatic N) is 2. The zero-order valence-corrected chi connectivity index (χ0v) is 23.9. The average molecular weight is 548 g/mol. The number of rotatable bonds is 4. The Morgan fingerprint density at radius 1 is 0.781 bits per heavy atom. The molecule has 4 heterocycles. The van der Waals surface area contributed by atoms with Gasteiger partial charge in [-0.1, -0.05) is 49.3 Å². The van der Waals surface area contributed by atoms with Crippen molar-refractivity contribution in [1.29, 1.82) is 0 Å². The fourth-order valence-corrected chi connectivity index (χ4v) is 4.36. The maximum absolute atomic E-state index is 4.38. The fraction of sp³-hybridized carbons (Fsp3) is 0.704. The van der Waals surface area contributed by atoms with Crippen LogP contribution in [0.1, 0.15) is 38.5 Å². The number of piperidine rings is 3. The quantitative estimate of drug-likeness (QED) is 0.394. The number of hydrogen-bond donors (Lipinski definition) is 2. The molecular weight excluding hydrogens is 499 g/mol. The van der Waals surface area contributed by atoms with E-state index in [-0.39, 0.29) is 0 Å². The fourth-order valence-electron chi connectivity index (χ4n) is 4.36. The zero-order chi connectivity index (χ0) is 22.9. The summed E-state index contributed by atoms with van der Waals surface area (Å²) >= 11 is -0.543. The van der Waals surface area contributed by atoms with Gasteiger partial charge >= 0.3 is 34.6 Å². The monoisotopic (exact) mass is 549 g/mol. The first-order valence-corrected chi connectivity index (χ1v) is 21.6.